The first-order valence-electron chi connectivity index (χ1n) is 5.29. The predicted octanol–water partition coefficient (Wildman–Crippen LogP) is 2.89. The summed E-state index contributed by atoms with van der Waals surface area (Å²) in [7, 11) is 1.28. The van der Waals surface area contributed by atoms with Crippen LogP contribution in [0.3, 0.4) is 0 Å². The molecule has 0 spiro atoms. The lowest BCUT2D eigenvalue weighted by molar-refractivity contribution is 0.0635. The fourth-order valence-corrected chi connectivity index (χ4v) is 1.21. The highest BCUT2D eigenvalue weighted by atomic mass is 19.1. The topological polar surface area (TPSA) is 67.8 Å². The Balaban J connectivity index is 2.86. The molecule has 0 saturated carbocycles. The molecule has 1 amide bonds. The Labute approximate surface area is 105 Å². The third kappa shape index (κ3) is 3.80. The Kier molecular flexibility index (Phi) is 4.00. The summed E-state index contributed by atoms with van der Waals surface area (Å²) in [6, 6.07) is 2.03. The smallest absolute Gasteiger partial charge is 0.412 e. The molecule has 5 nitrogen and oxygen atoms in total. The summed E-state index contributed by atoms with van der Waals surface area (Å²) < 4.78 is 23.1. The van der Waals surface area contributed by atoms with Gasteiger partial charge in [-0.3, -0.25) is 5.32 Å². The monoisotopic (exact) mass is 257 g/mol. The lowest BCUT2D eigenvalue weighted by Crippen LogP contribution is -2.27. The minimum absolute atomic E-state index is 0.0810. The van der Waals surface area contributed by atoms with Crippen LogP contribution in [0.25, 0.3) is 0 Å². The van der Waals surface area contributed by atoms with Gasteiger partial charge in [-0.2, -0.15) is 0 Å². The van der Waals surface area contributed by atoms with E-state index in [2.05, 4.69) is 10.1 Å². The number of nitrogens with one attached hydrogen (secondary N) is 1. The first kappa shape index (κ1) is 14.1. The van der Waals surface area contributed by atoms with Crippen molar-refractivity contribution in [2.75, 3.05) is 12.4 Å². The molecule has 2 N–H and O–H groups in total. The van der Waals surface area contributed by atoms with E-state index in [4.69, 9.17) is 4.74 Å². The lowest BCUT2D eigenvalue weighted by atomic mass is 10.2. The largest absolute Gasteiger partial charge is 0.506 e. The molecule has 0 aliphatic carbocycles. The average molecular weight is 257 g/mol. The number of anilines is 1. The van der Waals surface area contributed by atoms with Gasteiger partial charge in [0.25, 0.3) is 0 Å². The molecule has 1 aromatic carbocycles. The minimum Gasteiger partial charge on any atom is -0.506 e. The average Bonchev–Trinajstić information content (AvgIpc) is 2.20. The number of aromatic hydroxyl groups is 1. The van der Waals surface area contributed by atoms with Gasteiger partial charge in [0.2, 0.25) is 0 Å². The maximum absolute atomic E-state index is 13.4. The number of methoxy groups -OCH3 is 1. The van der Waals surface area contributed by atoms with Crippen molar-refractivity contribution < 1.29 is 23.8 Å². The zero-order valence-corrected chi connectivity index (χ0v) is 10.7. The van der Waals surface area contributed by atoms with Gasteiger partial charge in [-0.05, 0) is 20.8 Å². The van der Waals surface area contributed by atoms with Crippen LogP contribution in [0.2, 0.25) is 0 Å². The zero-order valence-electron chi connectivity index (χ0n) is 10.7. The number of carbonyl (C=O) groups is 1. The van der Waals surface area contributed by atoms with Gasteiger partial charge in [0, 0.05) is 12.1 Å². The predicted molar refractivity (Wildman–Crippen MR) is 64.5 cm³/mol. The Morgan fingerprint density at radius 1 is 1.39 bits per heavy atom. The Hall–Kier alpha value is -1.98. The maximum atomic E-state index is 13.4. The molecule has 0 aliphatic rings. The molecule has 0 unspecified atom stereocenters. The van der Waals surface area contributed by atoms with E-state index in [1.54, 1.807) is 20.8 Å². The molecule has 0 aromatic heterocycles. The van der Waals surface area contributed by atoms with E-state index in [-0.39, 0.29) is 17.2 Å². The van der Waals surface area contributed by atoms with Crippen LogP contribution >= 0.6 is 0 Å². The number of hydrogen-bond acceptors (Lipinski definition) is 4. The molecule has 1 aromatic rings. The van der Waals surface area contributed by atoms with Crippen LogP contribution in [0.4, 0.5) is 14.9 Å². The van der Waals surface area contributed by atoms with Crippen molar-refractivity contribution in [1.29, 1.82) is 0 Å². The second-order valence-electron chi connectivity index (χ2n) is 4.63. The molecule has 18 heavy (non-hydrogen) atoms. The zero-order chi connectivity index (χ0) is 13.9. The van der Waals surface area contributed by atoms with Crippen molar-refractivity contribution in [2.24, 2.45) is 0 Å². The molecule has 0 bridgehead atoms. The van der Waals surface area contributed by atoms with Gasteiger partial charge < -0.3 is 14.6 Å². The number of carbonyl (C=O) groups excluding carboxylic acids is 1. The van der Waals surface area contributed by atoms with E-state index in [1.807, 2.05) is 0 Å². The third-order valence-corrected chi connectivity index (χ3v) is 1.91. The van der Waals surface area contributed by atoms with Gasteiger partial charge in [0.05, 0.1) is 12.8 Å². The van der Waals surface area contributed by atoms with E-state index in [1.165, 1.54) is 7.11 Å². The van der Waals surface area contributed by atoms with E-state index >= 15 is 0 Å². The molecule has 0 atom stereocenters. The number of phenolic OH excluding ortho intramolecular Hbond substituents is 1. The Morgan fingerprint density at radius 2 is 2.00 bits per heavy atom. The molecular formula is C12H16FNO4. The molecule has 0 radical (unpaired) electrons. The summed E-state index contributed by atoms with van der Waals surface area (Å²) in [5.74, 6) is -1.11. The van der Waals surface area contributed by atoms with E-state index in [0.29, 0.717) is 0 Å². The Morgan fingerprint density at radius 3 is 2.50 bits per heavy atom. The number of ether oxygens (including phenoxy) is 2. The van der Waals surface area contributed by atoms with Gasteiger partial charge in [-0.15, -0.1) is 0 Å². The molecule has 0 aliphatic heterocycles. The van der Waals surface area contributed by atoms with Gasteiger partial charge in [-0.1, -0.05) is 0 Å². The molecule has 1 rings (SSSR count). The molecular weight excluding hydrogens is 241 g/mol. The molecule has 6 heteroatoms. The summed E-state index contributed by atoms with van der Waals surface area (Å²) in [6.07, 6.45) is -0.776. The number of halogens is 1. The second-order valence-corrected chi connectivity index (χ2v) is 4.63. The highest BCUT2D eigenvalue weighted by Gasteiger charge is 2.18. The number of phenols is 1. The summed E-state index contributed by atoms with van der Waals surface area (Å²) >= 11 is 0. The first-order chi connectivity index (χ1) is 8.23. The molecule has 0 heterocycles. The second kappa shape index (κ2) is 5.12. The Bertz CT molecular complexity index is 454. The van der Waals surface area contributed by atoms with E-state index < -0.39 is 17.5 Å². The number of benzene rings is 1. The van der Waals surface area contributed by atoms with Crippen molar-refractivity contribution >= 4 is 11.8 Å². The normalized spacial score (nSPS) is 10.9. The van der Waals surface area contributed by atoms with Crippen molar-refractivity contribution in [3.63, 3.8) is 0 Å². The highest BCUT2D eigenvalue weighted by molar-refractivity contribution is 5.87. The van der Waals surface area contributed by atoms with Gasteiger partial charge in [0.1, 0.15) is 11.4 Å². The number of amides is 1. The van der Waals surface area contributed by atoms with Crippen LogP contribution in [0.15, 0.2) is 12.1 Å². The minimum atomic E-state index is -0.776. The van der Waals surface area contributed by atoms with E-state index in [9.17, 15) is 14.3 Å². The molecule has 0 saturated heterocycles. The highest BCUT2D eigenvalue weighted by Crippen LogP contribution is 2.31. The first-order valence-corrected chi connectivity index (χ1v) is 5.29. The summed E-state index contributed by atoms with van der Waals surface area (Å²) in [5, 5.41) is 11.8. The molecule has 0 fully saturated rings. The lowest BCUT2D eigenvalue weighted by Gasteiger charge is -2.20. The standard InChI is InChI=1S/C12H16FNO4/c1-12(2,3)18-11(16)14-8-5-7(13)10(17-4)6-9(8)15/h5-6,15H,1-4H3,(H,14,16). The van der Waals surface area contributed by atoms with Crippen molar-refractivity contribution in [1.82, 2.24) is 0 Å². The quantitative estimate of drug-likeness (QED) is 0.799. The van der Waals surface area contributed by atoms with Gasteiger partial charge in [-0.25, -0.2) is 9.18 Å². The van der Waals surface area contributed by atoms with Crippen LogP contribution < -0.4 is 10.1 Å². The molecule has 100 valence electrons. The summed E-state index contributed by atoms with van der Waals surface area (Å²) in [4.78, 5) is 11.4. The fourth-order valence-electron chi connectivity index (χ4n) is 1.21. The van der Waals surface area contributed by atoms with Crippen LogP contribution in [-0.2, 0) is 4.74 Å². The SMILES string of the molecule is COc1cc(O)c(NC(=O)OC(C)(C)C)cc1F. The number of rotatable bonds is 2. The van der Waals surface area contributed by atoms with Crippen molar-refractivity contribution in [2.45, 2.75) is 26.4 Å². The van der Waals surface area contributed by atoms with Gasteiger partial charge in [0.15, 0.2) is 11.6 Å². The fraction of sp³-hybridized carbons (Fsp3) is 0.417. The third-order valence-electron chi connectivity index (χ3n) is 1.91. The van der Waals surface area contributed by atoms with Crippen molar-refractivity contribution in [3.05, 3.63) is 17.9 Å². The summed E-state index contributed by atoms with van der Waals surface area (Å²) in [5.41, 5.74) is -0.757. The van der Waals surface area contributed by atoms with Crippen molar-refractivity contribution in [3.8, 4) is 11.5 Å². The van der Waals surface area contributed by atoms with Crippen LogP contribution in [0, 0.1) is 5.82 Å². The van der Waals surface area contributed by atoms with Crippen LogP contribution in [-0.4, -0.2) is 23.9 Å². The number of hydrogen-bond donors (Lipinski definition) is 2. The summed E-state index contributed by atoms with van der Waals surface area (Å²) in [6.45, 7) is 5.09. The van der Waals surface area contributed by atoms with Crippen LogP contribution in [0.1, 0.15) is 20.8 Å². The van der Waals surface area contributed by atoms with E-state index in [0.717, 1.165) is 12.1 Å². The van der Waals surface area contributed by atoms with Gasteiger partial charge >= 0.3 is 6.09 Å². The maximum Gasteiger partial charge on any atom is 0.412 e. The van der Waals surface area contributed by atoms with Crippen LogP contribution in [0.5, 0.6) is 11.5 Å².